The number of fused-ring (bicyclic) bond motifs is 1. The summed E-state index contributed by atoms with van der Waals surface area (Å²) >= 11 is 0. The van der Waals surface area contributed by atoms with Crippen molar-refractivity contribution in [3.63, 3.8) is 0 Å². The Kier molecular flexibility index (Phi) is 4.14. The number of pyridine rings is 1. The number of carbonyl (C=O) groups is 1. The molecule has 0 aliphatic carbocycles. The summed E-state index contributed by atoms with van der Waals surface area (Å²) in [6.07, 6.45) is 3.44. The third-order valence-corrected chi connectivity index (χ3v) is 3.52. The summed E-state index contributed by atoms with van der Waals surface area (Å²) in [6.45, 7) is 0.226. The minimum atomic E-state index is -0.0712. The van der Waals surface area contributed by atoms with E-state index >= 15 is 0 Å². The van der Waals surface area contributed by atoms with Crippen LogP contribution in [0.15, 0.2) is 48.8 Å². The number of rotatable bonds is 4. The lowest BCUT2D eigenvalue weighted by Gasteiger charge is -2.19. The lowest BCUT2D eigenvalue weighted by atomic mass is 10.2. The van der Waals surface area contributed by atoms with Crippen LogP contribution in [0.4, 0.5) is 5.82 Å². The Labute approximate surface area is 134 Å². The number of amides is 1. The van der Waals surface area contributed by atoms with Crippen LogP contribution in [-0.2, 0) is 4.79 Å². The van der Waals surface area contributed by atoms with Crippen molar-refractivity contribution in [3.05, 3.63) is 48.8 Å². The highest BCUT2D eigenvalue weighted by Gasteiger charge is 2.14. The average Bonchev–Trinajstić information content (AvgIpc) is 2.61. The molecular weight excluding hydrogens is 290 g/mol. The van der Waals surface area contributed by atoms with Crippen LogP contribution >= 0.6 is 0 Å². The number of carbonyl (C=O) groups excluding carboxylic acids is 1. The highest BCUT2D eigenvalue weighted by atomic mass is 16.1. The molecule has 0 aliphatic heterocycles. The van der Waals surface area contributed by atoms with Crippen LogP contribution in [0.2, 0.25) is 0 Å². The van der Waals surface area contributed by atoms with Crippen LogP contribution in [0.5, 0.6) is 0 Å². The SMILES string of the molecule is CNC(=O)CN(C)c1nc(-c2cccnc2)nc2ccccc12. The second-order valence-electron chi connectivity index (χ2n) is 5.16. The fraction of sp³-hybridized carbons (Fsp3) is 0.176. The standard InChI is InChI=1S/C17H17N5O/c1-18-15(23)11-22(2)17-13-7-3-4-8-14(13)20-16(21-17)12-6-5-9-19-10-12/h3-10H,11H2,1-2H3,(H,18,23). The fourth-order valence-corrected chi connectivity index (χ4v) is 2.34. The van der Waals surface area contributed by atoms with Gasteiger partial charge in [-0.2, -0.15) is 0 Å². The zero-order valence-corrected chi connectivity index (χ0v) is 13.0. The number of hydrogen-bond donors (Lipinski definition) is 1. The molecule has 3 rings (SSSR count). The zero-order chi connectivity index (χ0) is 16.2. The van der Waals surface area contributed by atoms with Crippen molar-refractivity contribution in [2.75, 3.05) is 25.5 Å². The third kappa shape index (κ3) is 3.11. The Morgan fingerprint density at radius 3 is 2.74 bits per heavy atom. The number of benzene rings is 1. The molecule has 3 aromatic rings. The van der Waals surface area contributed by atoms with Crippen molar-refractivity contribution in [3.8, 4) is 11.4 Å². The van der Waals surface area contributed by atoms with Gasteiger partial charge in [-0.25, -0.2) is 9.97 Å². The third-order valence-electron chi connectivity index (χ3n) is 3.52. The summed E-state index contributed by atoms with van der Waals surface area (Å²) in [6, 6.07) is 11.5. The van der Waals surface area contributed by atoms with Gasteiger partial charge in [-0.1, -0.05) is 12.1 Å². The number of likely N-dealkylation sites (N-methyl/N-ethyl adjacent to an activating group) is 2. The Hall–Kier alpha value is -3.02. The molecule has 6 nitrogen and oxygen atoms in total. The van der Waals surface area contributed by atoms with Crippen LogP contribution in [-0.4, -0.2) is 41.5 Å². The molecule has 0 saturated carbocycles. The van der Waals surface area contributed by atoms with E-state index in [-0.39, 0.29) is 12.5 Å². The molecular formula is C17H17N5O. The molecule has 0 saturated heterocycles. The molecule has 1 N–H and O–H groups in total. The summed E-state index contributed by atoms with van der Waals surface area (Å²) in [4.78, 5) is 26.9. The normalized spacial score (nSPS) is 10.5. The Balaban J connectivity index is 2.13. The molecule has 0 unspecified atom stereocenters. The molecule has 0 radical (unpaired) electrons. The molecule has 6 heteroatoms. The first kappa shape index (κ1) is 14.9. The van der Waals surface area contributed by atoms with Crippen molar-refractivity contribution < 1.29 is 4.79 Å². The molecule has 116 valence electrons. The molecule has 2 heterocycles. The largest absolute Gasteiger partial charge is 0.358 e. The smallest absolute Gasteiger partial charge is 0.239 e. The molecule has 0 bridgehead atoms. The van der Waals surface area contributed by atoms with E-state index in [1.54, 1.807) is 19.4 Å². The van der Waals surface area contributed by atoms with Gasteiger partial charge < -0.3 is 10.2 Å². The molecule has 0 aliphatic rings. The number of nitrogens with one attached hydrogen (secondary N) is 1. The first-order valence-corrected chi connectivity index (χ1v) is 7.28. The minimum Gasteiger partial charge on any atom is -0.358 e. The summed E-state index contributed by atoms with van der Waals surface area (Å²) in [5.41, 5.74) is 1.67. The molecule has 23 heavy (non-hydrogen) atoms. The lowest BCUT2D eigenvalue weighted by molar-refractivity contribution is -0.119. The number of hydrogen-bond acceptors (Lipinski definition) is 5. The first-order chi connectivity index (χ1) is 11.2. The fourth-order valence-electron chi connectivity index (χ4n) is 2.34. The molecule has 0 atom stereocenters. The van der Waals surface area contributed by atoms with E-state index in [1.807, 2.05) is 48.3 Å². The number of para-hydroxylation sites is 1. The zero-order valence-electron chi connectivity index (χ0n) is 13.0. The predicted molar refractivity (Wildman–Crippen MR) is 90.1 cm³/mol. The van der Waals surface area contributed by atoms with Gasteiger partial charge >= 0.3 is 0 Å². The van der Waals surface area contributed by atoms with Crippen LogP contribution in [0.25, 0.3) is 22.3 Å². The Morgan fingerprint density at radius 2 is 2.00 bits per heavy atom. The molecule has 0 spiro atoms. The maximum Gasteiger partial charge on any atom is 0.239 e. The topological polar surface area (TPSA) is 71.0 Å². The van der Waals surface area contributed by atoms with Crippen LogP contribution < -0.4 is 10.2 Å². The maximum absolute atomic E-state index is 11.7. The Morgan fingerprint density at radius 1 is 1.17 bits per heavy atom. The van der Waals surface area contributed by atoms with Crippen molar-refractivity contribution in [1.29, 1.82) is 0 Å². The van der Waals surface area contributed by atoms with Gasteiger partial charge in [0, 0.05) is 37.4 Å². The molecule has 1 aromatic carbocycles. The van der Waals surface area contributed by atoms with Gasteiger partial charge in [0.05, 0.1) is 12.1 Å². The van der Waals surface area contributed by atoms with Gasteiger partial charge in [0.25, 0.3) is 0 Å². The minimum absolute atomic E-state index is 0.0712. The van der Waals surface area contributed by atoms with Crippen molar-refractivity contribution >= 4 is 22.6 Å². The molecule has 2 aromatic heterocycles. The lowest BCUT2D eigenvalue weighted by Crippen LogP contribution is -2.33. The molecule has 1 amide bonds. The van der Waals surface area contributed by atoms with E-state index in [1.165, 1.54) is 0 Å². The highest BCUT2D eigenvalue weighted by molar-refractivity contribution is 5.92. The van der Waals surface area contributed by atoms with Gasteiger partial charge in [-0.3, -0.25) is 9.78 Å². The van der Waals surface area contributed by atoms with Gasteiger partial charge in [0.1, 0.15) is 5.82 Å². The van der Waals surface area contributed by atoms with Crippen molar-refractivity contribution in [2.45, 2.75) is 0 Å². The van der Waals surface area contributed by atoms with Gasteiger partial charge in [-0.15, -0.1) is 0 Å². The van der Waals surface area contributed by atoms with Crippen molar-refractivity contribution in [2.24, 2.45) is 0 Å². The summed E-state index contributed by atoms with van der Waals surface area (Å²) < 4.78 is 0. The van der Waals surface area contributed by atoms with E-state index in [4.69, 9.17) is 0 Å². The number of anilines is 1. The highest BCUT2D eigenvalue weighted by Crippen LogP contribution is 2.26. The van der Waals surface area contributed by atoms with Gasteiger partial charge in [0.15, 0.2) is 5.82 Å². The van der Waals surface area contributed by atoms with E-state index in [2.05, 4.69) is 20.3 Å². The second kappa shape index (κ2) is 6.39. The number of aromatic nitrogens is 3. The Bertz CT molecular complexity index is 835. The molecule has 0 fully saturated rings. The summed E-state index contributed by atoms with van der Waals surface area (Å²) in [5, 5.41) is 3.53. The monoisotopic (exact) mass is 307 g/mol. The van der Waals surface area contributed by atoms with E-state index < -0.39 is 0 Å². The first-order valence-electron chi connectivity index (χ1n) is 7.28. The van der Waals surface area contributed by atoms with Crippen LogP contribution in [0, 0.1) is 0 Å². The second-order valence-corrected chi connectivity index (χ2v) is 5.16. The number of nitrogens with zero attached hydrogens (tertiary/aromatic N) is 4. The van der Waals surface area contributed by atoms with E-state index in [0.29, 0.717) is 5.82 Å². The van der Waals surface area contributed by atoms with Crippen LogP contribution in [0.1, 0.15) is 0 Å². The summed E-state index contributed by atoms with van der Waals surface area (Å²) in [5.74, 6) is 1.24. The van der Waals surface area contributed by atoms with Crippen molar-refractivity contribution in [1.82, 2.24) is 20.3 Å². The predicted octanol–water partition coefficient (Wildman–Crippen LogP) is 1.87. The average molecular weight is 307 g/mol. The van der Waals surface area contributed by atoms with Crippen LogP contribution in [0.3, 0.4) is 0 Å². The van der Waals surface area contributed by atoms with Gasteiger partial charge in [-0.05, 0) is 24.3 Å². The quantitative estimate of drug-likeness (QED) is 0.797. The van der Waals surface area contributed by atoms with E-state index in [0.717, 1.165) is 22.3 Å². The van der Waals surface area contributed by atoms with Gasteiger partial charge in [0.2, 0.25) is 5.91 Å². The van der Waals surface area contributed by atoms with E-state index in [9.17, 15) is 4.79 Å². The summed E-state index contributed by atoms with van der Waals surface area (Å²) in [7, 11) is 3.46. The maximum atomic E-state index is 11.7.